The highest BCUT2D eigenvalue weighted by atomic mass is 15.2. The molecule has 2 aliphatic rings. The summed E-state index contributed by atoms with van der Waals surface area (Å²) in [6.45, 7) is 5.61. The Morgan fingerprint density at radius 1 is 1.17 bits per heavy atom. The van der Waals surface area contributed by atoms with E-state index in [0.717, 1.165) is 24.4 Å². The van der Waals surface area contributed by atoms with Crippen LogP contribution in [0.3, 0.4) is 0 Å². The van der Waals surface area contributed by atoms with Crippen LogP contribution in [0, 0.1) is 11.8 Å². The first-order chi connectivity index (χ1) is 8.65. The Morgan fingerprint density at radius 3 is 2.33 bits per heavy atom. The summed E-state index contributed by atoms with van der Waals surface area (Å²) < 4.78 is 0. The summed E-state index contributed by atoms with van der Waals surface area (Å²) in [5.41, 5.74) is 6.56. The van der Waals surface area contributed by atoms with Gasteiger partial charge in [0.15, 0.2) is 0 Å². The summed E-state index contributed by atoms with van der Waals surface area (Å²) in [4.78, 5) is 2.72. The van der Waals surface area contributed by atoms with Crippen LogP contribution in [0.2, 0.25) is 0 Å². The van der Waals surface area contributed by atoms with Crippen molar-refractivity contribution in [2.24, 2.45) is 17.6 Å². The Kier molecular flexibility index (Phi) is 4.71. The minimum Gasteiger partial charge on any atom is -0.329 e. The number of hydrogen-bond acceptors (Lipinski definition) is 2. The van der Waals surface area contributed by atoms with Gasteiger partial charge in [0, 0.05) is 18.1 Å². The van der Waals surface area contributed by atoms with Crippen LogP contribution in [0.5, 0.6) is 0 Å². The van der Waals surface area contributed by atoms with Gasteiger partial charge in [0.2, 0.25) is 0 Å². The number of likely N-dealkylation sites (N-methyl/N-ethyl adjacent to an activating group) is 1. The number of nitrogens with two attached hydrogens (primary N) is 1. The minimum absolute atomic E-state index is 0.311. The summed E-state index contributed by atoms with van der Waals surface area (Å²) in [5, 5.41) is 0. The molecule has 0 bridgehead atoms. The Morgan fingerprint density at radius 2 is 1.83 bits per heavy atom. The van der Waals surface area contributed by atoms with Gasteiger partial charge >= 0.3 is 0 Å². The van der Waals surface area contributed by atoms with Crippen molar-refractivity contribution in [2.45, 2.75) is 76.8 Å². The molecule has 2 heteroatoms. The molecule has 2 rings (SSSR count). The monoisotopic (exact) mass is 252 g/mol. The van der Waals surface area contributed by atoms with Crippen LogP contribution in [0.25, 0.3) is 0 Å². The topological polar surface area (TPSA) is 29.3 Å². The van der Waals surface area contributed by atoms with Gasteiger partial charge in [0.1, 0.15) is 0 Å². The molecule has 0 aromatic heterocycles. The molecule has 3 unspecified atom stereocenters. The van der Waals surface area contributed by atoms with E-state index in [-0.39, 0.29) is 0 Å². The van der Waals surface area contributed by atoms with Gasteiger partial charge in [-0.15, -0.1) is 0 Å². The second-order valence-electron chi connectivity index (χ2n) is 6.77. The summed E-state index contributed by atoms with van der Waals surface area (Å²) in [6.07, 6.45) is 11.0. The Labute approximate surface area is 113 Å². The van der Waals surface area contributed by atoms with Crippen molar-refractivity contribution in [2.75, 3.05) is 13.6 Å². The lowest BCUT2D eigenvalue weighted by atomic mass is 9.79. The maximum absolute atomic E-state index is 6.25. The van der Waals surface area contributed by atoms with E-state index in [1.807, 2.05) is 0 Å². The smallest absolute Gasteiger partial charge is 0.0359 e. The van der Waals surface area contributed by atoms with Crippen molar-refractivity contribution in [1.82, 2.24) is 4.90 Å². The summed E-state index contributed by atoms with van der Waals surface area (Å²) >= 11 is 0. The van der Waals surface area contributed by atoms with Crippen LogP contribution in [0.1, 0.15) is 65.2 Å². The molecule has 2 aliphatic carbocycles. The first kappa shape index (κ1) is 14.3. The second-order valence-corrected chi connectivity index (χ2v) is 6.77. The van der Waals surface area contributed by atoms with Crippen molar-refractivity contribution in [3.63, 3.8) is 0 Å². The summed E-state index contributed by atoms with van der Waals surface area (Å²) in [6, 6.07) is 0.773. The number of hydrogen-bond donors (Lipinski definition) is 1. The van der Waals surface area contributed by atoms with Gasteiger partial charge in [-0.2, -0.15) is 0 Å². The highest BCUT2D eigenvalue weighted by molar-refractivity contribution is 5.04. The van der Waals surface area contributed by atoms with E-state index in [1.54, 1.807) is 0 Å². The van der Waals surface area contributed by atoms with Crippen molar-refractivity contribution in [1.29, 1.82) is 0 Å². The first-order valence-electron chi connectivity index (χ1n) is 8.08. The molecule has 3 atom stereocenters. The fraction of sp³-hybridized carbons (Fsp3) is 1.00. The van der Waals surface area contributed by atoms with E-state index < -0.39 is 0 Å². The molecule has 0 aromatic carbocycles. The molecule has 0 saturated heterocycles. The average Bonchev–Trinajstić information content (AvgIpc) is 3.20. The zero-order valence-corrected chi connectivity index (χ0v) is 12.6. The number of rotatable bonds is 6. The van der Waals surface area contributed by atoms with E-state index in [9.17, 15) is 0 Å². The average molecular weight is 252 g/mol. The van der Waals surface area contributed by atoms with E-state index >= 15 is 0 Å². The van der Waals surface area contributed by atoms with Gasteiger partial charge in [0.25, 0.3) is 0 Å². The maximum Gasteiger partial charge on any atom is 0.0359 e. The normalized spacial score (nSPS) is 32.5. The predicted octanol–water partition coefficient (Wildman–Crippen LogP) is 3.40. The molecule has 0 radical (unpaired) electrons. The molecule has 0 heterocycles. The fourth-order valence-corrected chi connectivity index (χ4v) is 4.34. The third kappa shape index (κ3) is 2.60. The van der Waals surface area contributed by atoms with Crippen LogP contribution >= 0.6 is 0 Å². The van der Waals surface area contributed by atoms with Crippen LogP contribution in [0.15, 0.2) is 0 Å². The number of nitrogens with zero attached hydrogens (tertiary/aromatic N) is 1. The zero-order valence-electron chi connectivity index (χ0n) is 12.6. The fourth-order valence-electron chi connectivity index (χ4n) is 4.34. The molecule has 2 N–H and O–H groups in total. The molecule has 2 saturated carbocycles. The molecule has 0 amide bonds. The molecule has 0 aliphatic heterocycles. The SMILES string of the molecule is CCCC(CN)(C1CC1)N(C)C1CCCCC1C. The van der Waals surface area contributed by atoms with Gasteiger partial charge in [-0.05, 0) is 51.0 Å². The van der Waals surface area contributed by atoms with E-state index in [4.69, 9.17) is 5.73 Å². The molecule has 2 nitrogen and oxygen atoms in total. The molecule has 0 spiro atoms. The van der Waals surface area contributed by atoms with Crippen LogP contribution in [0.4, 0.5) is 0 Å². The Balaban J connectivity index is 2.13. The molecule has 18 heavy (non-hydrogen) atoms. The Hall–Kier alpha value is -0.0800. The highest BCUT2D eigenvalue weighted by Gasteiger charge is 2.48. The lowest BCUT2D eigenvalue weighted by Gasteiger charge is -2.49. The van der Waals surface area contributed by atoms with E-state index in [2.05, 4.69) is 25.8 Å². The quantitative estimate of drug-likeness (QED) is 0.785. The standard InChI is InChI=1S/C16H32N2/c1-4-11-16(12-17,14-9-10-14)18(3)15-8-6-5-7-13(15)2/h13-15H,4-12,17H2,1-3H3. The van der Waals surface area contributed by atoms with Crippen molar-refractivity contribution in [3.05, 3.63) is 0 Å². The predicted molar refractivity (Wildman–Crippen MR) is 78.6 cm³/mol. The van der Waals surface area contributed by atoms with Gasteiger partial charge in [-0.3, -0.25) is 4.90 Å². The van der Waals surface area contributed by atoms with Crippen molar-refractivity contribution < 1.29 is 0 Å². The van der Waals surface area contributed by atoms with Crippen molar-refractivity contribution >= 4 is 0 Å². The molecule has 106 valence electrons. The summed E-state index contributed by atoms with van der Waals surface area (Å²) in [7, 11) is 2.37. The van der Waals surface area contributed by atoms with Crippen LogP contribution in [-0.4, -0.2) is 30.1 Å². The van der Waals surface area contributed by atoms with Gasteiger partial charge in [-0.25, -0.2) is 0 Å². The molecule has 2 fully saturated rings. The first-order valence-corrected chi connectivity index (χ1v) is 8.08. The van der Waals surface area contributed by atoms with E-state index in [0.29, 0.717) is 5.54 Å². The molecular formula is C16H32N2. The van der Waals surface area contributed by atoms with E-state index in [1.165, 1.54) is 51.4 Å². The Bertz CT molecular complexity index is 262. The van der Waals surface area contributed by atoms with Crippen LogP contribution < -0.4 is 5.73 Å². The highest BCUT2D eigenvalue weighted by Crippen LogP contribution is 2.47. The summed E-state index contributed by atoms with van der Waals surface area (Å²) in [5.74, 6) is 1.73. The second kappa shape index (κ2) is 5.92. The minimum atomic E-state index is 0.311. The molecule has 0 aromatic rings. The lowest BCUT2D eigenvalue weighted by Crippen LogP contribution is -2.59. The van der Waals surface area contributed by atoms with Gasteiger partial charge < -0.3 is 5.73 Å². The maximum atomic E-state index is 6.25. The zero-order chi connectivity index (χ0) is 13.2. The third-order valence-electron chi connectivity index (χ3n) is 5.64. The van der Waals surface area contributed by atoms with Gasteiger partial charge in [-0.1, -0.05) is 33.1 Å². The third-order valence-corrected chi connectivity index (χ3v) is 5.64. The largest absolute Gasteiger partial charge is 0.329 e. The van der Waals surface area contributed by atoms with Crippen molar-refractivity contribution in [3.8, 4) is 0 Å². The molecular weight excluding hydrogens is 220 g/mol. The van der Waals surface area contributed by atoms with Gasteiger partial charge in [0.05, 0.1) is 0 Å². The lowest BCUT2D eigenvalue weighted by molar-refractivity contribution is 0.0104. The van der Waals surface area contributed by atoms with Crippen LogP contribution in [-0.2, 0) is 0 Å².